The van der Waals surface area contributed by atoms with Gasteiger partial charge in [-0.1, -0.05) is 26.0 Å². The highest BCUT2D eigenvalue weighted by molar-refractivity contribution is 7.89. The molecule has 0 saturated heterocycles. The fourth-order valence-corrected chi connectivity index (χ4v) is 3.37. The van der Waals surface area contributed by atoms with E-state index in [1.165, 1.54) is 12.1 Å². The Hall–Kier alpha value is -1.93. The maximum absolute atomic E-state index is 12.1. The lowest BCUT2D eigenvalue weighted by molar-refractivity contribution is -0.149. The van der Waals surface area contributed by atoms with Crippen LogP contribution in [-0.2, 0) is 26.2 Å². The molecule has 1 amide bonds. The number of carboxylic acid groups (broad SMARTS) is 1. The molecule has 0 aromatic heterocycles. The highest BCUT2D eigenvalue weighted by Gasteiger charge is 2.56. The maximum Gasteiger partial charge on any atom is 0.319 e. The van der Waals surface area contributed by atoms with Crippen LogP contribution < -0.4 is 10.0 Å². The van der Waals surface area contributed by atoms with Gasteiger partial charge in [-0.3, -0.25) is 9.59 Å². The lowest BCUT2D eigenvalue weighted by Gasteiger charge is -2.12. The Kier molecular flexibility index (Phi) is 5.29. The molecular formula is C16H22N2O5S. The van der Waals surface area contributed by atoms with Crippen LogP contribution in [0.25, 0.3) is 0 Å². The molecule has 0 aliphatic heterocycles. The summed E-state index contributed by atoms with van der Waals surface area (Å²) in [6, 6.07) is 6.14. The molecule has 0 spiro atoms. The number of rotatable bonds is 8. The number of aliphatic carboxylic acids is 1. The van der Waals surface area contributed by atoms with Gasteiger partial charge in [0.05, 0.1) is 4.90 Å². The van der Waals surface area contributed by atoms with Crippen molar-refractivity contribution < 1.29 is 23.1 Å². The van der Waals surface area contributed by atoms with Crippen LogP contribution in [0.2, 0.25) is 0 Å². The van der Waals surface area contributed by atoms with E-state index in [4.69, 9.17) is 5.11 Å². The van der Waals surface area contributed by atoms with Gasteiger partial charge >= 0.3 is 5.97 Å². The summed E-state index contributed by atoms with van der Waals surface area (Å²) in [7, 11) is -3.54. The van der Waals surface area contributed by atoms with Crippen LogP contribution in [0.5, 0.6) is 0 Å². The van der Waals surface area contributed by atoms with Gasteiger partial charge in [0.15, 0.2) is 0 Å². The van der Waals surface area contributed by atoms with Gasteiger partial charge in [0.1, 0.15) is 5.41 Å². The van der Waals surface area contributed by atoms with E-state index in [0.29, 0.717) is 24.9 Å². The van der Waals surface area contributed by atoms with Gasteiger partial charge < -0.3 is 10.4 Å². The van der Waals surface area contributed by atoms with Gasteiger partial charge in [-0.2, -0.15) is 0 Å². The molecule has 0 bridgehead atoms. The topological polar surface area (TPSA) is 113 Å². The zero-order valence-corrected chi connectivity index (χ0v) is 14.5. The van der Waals surface area contributed by atoms with E-state index in [1.807, 2.05) is 13.8 Å². The Balaban J connectivity index is 1.95. The molecule has 1 aliphatic carbocycles. The Morgan fingerprint density at radius 2 is 1.79 bits per heavy atom. The van der Waals surface area contributed by atoms with Crippen LogP contribution in [0.1, 0.15) is 32.3 Å². The SMILES string of the molecule is CC(C)CNS(=O)(=O)c1ccc(CNC(=O)C2(C(=O)O)CC2)cc1. The summed E-state index contributed by atoms with van der Waals surface area (Å²) >= 11 is 0. The second-order valence-corrected chi connectivity index (χ2v) is 8.23. The third-order valence-corrected chi connectivity index (χ3v) is 5.40. The summed E-state index contributed by atoms with van der Waals surface area (Å²) in [5.41, 5.74) is -0.573. The van der Waals surface area contributed by atoms with E-state index in [1.54, 1.807) is 12.1 Å². The van der Waals surface area contributed by atoms with Crippen molar-refractivity contribution in [1.82, 2.24) is 10.0 Å². The molecule has 24 heavy (non-hydrogen) atoms. The average molecular weight is 354 g/mol. The predicted octanol–water partition coefficient (Wildman–Crippen LogP) is 1.10. The zero-order chi connectivity index (χ0) is 18.0. The first-order chi connectivity index (χ1) is 11.2. The van der Waals surface area contributed by atoms with Crippen molar-refractivity contribution in [3.8, 4) is 0 Å². The number of carbonyl (C=O) groups is 2. The first kappa shape index (κ1) is 18.4. The Labute approximate surface area is 141 Å². The number of nitrogens with one attached hydrogen (secondary N) is 2. The summed E-state index contributed by atoms with van der Waals surface area (Å²) in [6.07, 6.45) is 0.708. The van der Waals surface area contributed by atoms with E-state index in [9.17, 15) is 18.0 Å². The zero-order valence-electron chi connectivity index (χ0n) is 13.7. The molecule has 2 rings (SSSR count). The highest BCUT2D eigenvalue weighted by atomic mass is 32.2. The Bertz CT molecular complexity index is 721. The smallest absolute Gasteiger partial charge is 0.319 e. The molecule has 8 heteroatoms. The molecule has 1 aliphatic rings. The lowest BCUT2D eigenvalue weighted by atomic mass is 10.1. The molecule has 0 unspecified atom stereocenters. The molecule has 1 saturated carbocycles. The molecule has 1 aromatic carbocycles. The van der Waals surface area contributed by atoms with Gasteiger partial charge in [-0.05, 0) is 36.5 Å². The van der Waals surface area contributed by atoms with Crippen LogP contribution >= 0.6 is 0 Å². The quantitative estimate of drug-likeness (QED) is 0.605. The number of amides is 1. The van der Waals surface area contributed by atoms with Gasteiger partial charge in [0, 0.05) is 13.1 Å². The molecule has 0 heterocycles. The van der Waals surface area contributed by atoms with Gasteiger partial charge in [0.25, 0.3) is 0 Å². The fraction of sp³-hybridized carbons (Fsp3) is 0.500. The fourth-order valence-electron chi connectivity index (χ4n) is 2.16. The summed E-state index contributed by atoms with van der Waals surface area (Å²) in [5.74, 6) is -1.39. The first-order valence-electron chi connectivity index (χ1n) is 7.78. The predicted molar refractivity (Wildman–Crippen MR) is 87.6 cm³/mol. The van der Waals surface area contributed by atoms with Crippen molar-refractivity contribution in [2.45, 2.75) is 38.1 Å². The second-order valence-electron chi connectivity index (χ2n) is 6.46. The van der Waals surface area contributed by atoms with Crippen molar-refractivity contribution in [2.75, 3.05) is 6.54 Å². The maximum atomic E-state index is 12.1. The Morgan fingerprint density at radius 1 is 1.21 bits per heavy atom. The van der Waals surface area contributed by atoms with Crippen molar-refractivity contribution >= 4 is 21.9 Å². The molecule has 3 N–H and O–H groups in total. The van der Waals surface area contributed by atoms with E-state index < -0.39 is 27.3 Å². The summed E-state index contributed by atoms with van der Waals surface area (Å²) in [5, 5.41) is 11.6. The third kappa shape index (κ3) is 4.12. The Morgan fingerprint density at radius 3 is 2.25 bits per heavy atom. The van der Waals surface area contributed by atoms with Crippen molar-refractivity contribution in [3.63, 3.8) is 0 Å². The van der Waals surface area contributed by atoms with Crippen LogP contribution in [-0.4, -0.2) is 31.9 Å². The summed E-state index contributed by atoms with van der Waals surface area (Å²) in [4.78, 5) is 23.1. The van der Waals surface area contributed by atoms with Gasteiger partial charge in [-0.15, -0.1) is 0 Å². The normalized spacial score (nSPS) is 16.0. The molecule has 1 fully saturated rings. The van der Waals surface area contributed by atoms with E-state index in [-0.39, 0.29) is 17.4 Å². The minimum absolute atomic E-state index is 0.155. The number of benzene rings is 1. The van der Waals surface area contributed by atoms with Crippen molar-refractivity contribution in [3.05, 3.63) is 29.8 Å². The summed E-state index contributed by atoms with van der Waals surface area (Å²) in [6.45, 7) is 4.35. The van der Waals surface area contributed by atoms with E-state index in [2.05, 4.69) is 10.0 Å². The largest absolute Gasteiger partial charge is 0.480 e. The lowest BCUT2D eigenvalue weighted by Crippen LogP contribution is -2.36. The van der Waals surface area contributed by atoms with Gasteiger partial charge in [-0.25, -0.2) is 13.1 Å². The van der Waals surface area contributed by atoms with Gasteiger partial charge in [0.2, 0.25) is 15.9 Å². The first-order valence-corrected chi connectivity index (χ1v) is 9.26. The molecular weight excluding hydrogens is 332 g/mol. The minimum Gasteiger partial charge on any atom is -0.480 e. The number of sulfonamides is 1. The number of carbonyl (C=O) groups excluding carboxylic acids is 1. The van der Waals surface area contributed by atoms with E-state index in [0.717, 1.165) is 0 Å². The average Bonchev–Trinajstić information content (AvgIpc) is 3.33. The number of carboxylic acids is 1. The second kappa shape index (κ2) is 6.90. The third-order valence-electron chi connectivity index (χ3n) is 3.96. The van der Waals surface area contributed by atoms with Crippen LogP contribution in [0.15, 0.2) is 29.2 Å². The number of hydrogen-bond donors (Lipinski definition) is 3. The molecule has 1 aromatic rings. The van der Waals surface area contributed by atoms with Crippen molar-refractivity contribution in [2.24, 2.45) is 11.3 Å². The minimum atomic E-state index is -3.54. The standard InChI is InChI=1S/C16H22N2O5S/c1-11(2)9-18-24(22,23)13-5-3-12(4-6-13)10-17-14(19)16(7-8-16)15(20)21/h3-6,11,18H,7-10H2,1-2H3,(H,17,19)(H,20,21). The van der Waals surface area contributed by atoms with Crippen LogP contribution in [0, 0.1) is 11.3 Å². The summed E-state index contributed by atoms with van der Waals surface area (Å²) < 4.78 is 26.7. The highest BCUT2D eigenvalue weighted by Crippen LogP contribution is 2.46. The molecule has 132 valence electrons. The van der Waals surface area contributed by atoms with E-state index >= 15 is 0 Å². The molecule has 0 atom stereocenters. The number of hydrogen-bond acceptors (Lipinski definition) is 4. The van der Waals surface area contributed by atoms with Crippen molar-refractivity contribution in [1.29, 1.82) is 0 Å². The molecule has 0 radical (unpaired) electrons. The monoisotopic (exact) mass is 354 g/mol. The van der Waals surface area contributed by atoms with Crippen LogP contribution in [0.4, 0.5) is 0 Å². The molecule has 7 nitrogen and oxygen atoms in total. The van der Waals surface area contributed by atoms with Crippen LogP contribution in [0.3, 0.4) is 0 Å².